The van der Waals surface area contributed by atoms with Gasteiger partial charge in [-0.25, -0.2) is 4.79 Å². The summed E-state index contributed by atoms with van der Waals surface area (Å²) in [5.74, 6) is 0.522. The number of aromatic nitrogens is 1. The Kier molecular flexibility index (Phi) is 5.53. The number of esters is 1. The lowest BCUT2D eigenvalue weighted by molar-refractivity contribution is 0.0519. The maximum absolute atomic E-state index is 13.2. The highest BCUT2D eigenvalue weighted by Gasteiger charge is 2.34. The second kappa shape index (κ2) is 8.25. The summed E-state index contributed by atoms with van der Waals surface area (Å²) in [6, 6.07) is 11.7. The van der Waals surface area contributed by atoms with Gasteiger partial charge >= 0.3 is 5.97 Å². The third kappa shape index (κ3) is 3.72. The Morgan fingerprint density at radius 3 is 2.76 bits per heavy atom. The second-order valence-electron chi connectivity index (χ2n) is 7.08. The van der Waals surface area contributed by atoms with E-state index in [4.69, 9.17) is 9.47 Å². The van der Waals surface area contributed by atoms with E-state index in [1.807, 2.05) is 35.7 Å². The number of aromatic amines is 1. The number of para-hydroxylation sites is 1. The summed E-state index contributed by atoms with van der Waals surface area (Å²) in [7, 11) is 1.62. The largest absolute Gasteiger partial charge is 0.496 e. The predicted molar refractivity (Wildman–Crippen MR) is 112 cm³/mol. The van der Waals surface area contributed by atoms with E-state index in [0.717, 1.165) is 17.0 Å². The minimum absolute atomic E-state index is 0.0707. The number of thiophene rings is 1. The molecule has 0 saturated heterocycles. The summed E-state index contributed by atoms with van der Waals surface area (Å²) < 4.78 is 10.7. The Balaban J connectivity index is 1.77. The molecule has 1 atom stereocenters. The molecule has 1 unspecified atom stereocenters. The van der Waals surface area contributed by atoms with Crippen molar-refractivity contribution in [3.05, 3.63) is 74.7 Å². The van der Waals surface area contributed by atoms with Gasteiger partial charge in [0.25, 0.3) is 0 Å². The molecule has 1 aliphatic rings. The smallest absolute Gasteiger partial charge is 0.355 e. The Morgan fingerprint density at radius 1 is 1.21 bits per heavy atom. The predicted octanol–water partition coefficient (Wildman–Crippen LogP) is 4.77. The van der Waals surface area contributed by atoms with Crippen LogP contribution in [0.15, 0.2) is 41.8 Å². The third-order valence-electron chi connectivity index (χ3n) is 5.33. The van der Waals surface area contributed by atoms with Crippen LogP contribution in [0.3, 0.4) is 0 Å². The average molecular weight is 410 g/mol. The zero-order chi connectivity index (χ0) is 20.4. The molecule has 0 aliphatic heterocycles. The lowest BCUT2D eigenvalue weighted by Crippen LogP contribution is -2.18. The zero-order valence-electron chi connectivity index (χ0n) is 16.5. The topological polar surface area (TPSA) is 68.4 Å². The highest BCUT2D eigenvalue weighted by molar-refractivity contribution is 7.10. The van der Waals surface area contributed by atoms with Crippen LogP contribution in [0.4, 0.5) is 0 Å². The first-order chi connectivity index (χ1) is 14.1. The van der Waals surface area contributed by atoms with Gasteiger partial charge in [-0.3, -0.25) is 4.79 Å². The fourth-order valence-corrected chi connectivity index (χ4v) is 4.88. The van der Waals surface area contributed by atoms with Crippen LogP contribution in [0.5, 0.6) is 5.75 Å². The van der Waals surface area contributed by atoms with Crippen LogP contribution < -0.4 is 4.74 Å². The molecule has 5 nitrogen and oxygen atoms in total. The number of benzene rings is 1. The highest BCUT2D eigenvalue weighted by atomic mass is 32.1. The number of rotatable bonds is 6. The monoisotopic (exact) mass is 409 g/mol. The summed E-state index contributed by atoms with van der Waals surface area (Å²) in [6.45, 7) is 2.06. The molecule has 3 aromatic rings. The standard InChI is InChI=1S/C23H23NO4S/c1-3-28-23(26)22-16(11-14-7-4-5-8-19(14)27-2)21-17(24-22)12-15(13-18(21)25)20-9-6-10-29-20/h4-10,15,24H,3,11-13H2,1-2H3. The van der Waals surface area contributed by atoms with Crippen LogP contribution in [-0.4, -0.2) is 30.5 Å². The Hall–Kier alpha value is -2.86. The summed E-state index contributed by atoms with van der Waals surface area (Å²) in [5, 5.41) is 2.03. The molecular weight excluding hydrogens is 386 g/mol. The van der Waals surface area contributed by atoms with Gasteiger partial charge < -0.3 is 14.5 Å². The first kappa shape index (κ1) is 19.5. The molecule has 0 amide bonds. The number of hydrogen-bond donors (Lipinski definition) is 1. The van der Waals surface area contributed by atoms with Crippen LogP contribution in [0.25, 0.3) is 0 Å². The molecule has 0 spiro atoms. The maximum Gasteiger partial charge on any atom is 0.355 e. The molecular formula is C23H23NO4S. The molecule has 0 bridgehead atoms. The summed E-state index contributed by atoms with van der Waals surface area (Å²) >= 11 is 1.66. The Bertz CT molecular complexity index is 1040. The molecule has 0 fully saturated rings. The number of ether oxygens (including phenoxy) is 2. The van der Waals surface area contributed by atoms with Gasteiger partial charge in [-0.05, 0) is 36.4 Å². The second-order valence-corrected chi connectivity index (χ2v) is 8.06. The average Bonchev–Trinajstić information content (AvgIpc) is 3.37. The van der Waals surface area contributed by atoms with E-state index in [1.165, 1.54) is 4.88 Å². The fourth-order valence-electron chi connectivity index (χ4n) is 4.05. The molecule has 0 radical (unpaired) electrons. The summed E-state index contributed by atoms with van der Waals surface area (Å²) in [6.07, 6.45) is 1.59. The van der Waals surface area contributed by atoms with E-state index in [9.17, 15) is 9.59 Å². The molecule has 2 heterocycles. The van der Waals surface area contributed by atoms with Gasteiger partial charge in [0.05, 0.1) is 13.7 Å². The van der Waals surface area contributed by atoms with Crippen molar-refractivity contribution in [1.82, 2.24) is 4.98 Å². The number of methoxy groups -OCH3 is 1. The van der Waals surface area contributed by atoms with Crippen molar-refractivity contribution < 1.29 is 19.1 Å². The van der Waals surface area contributed by atoms with Crippen molar-refractivity contribution in [2.45, 2.75) is 32.1 Å². The molecule has 0 saturated carbocycles. The van der Waals surface area contributed by atoms with E-state index in [-0.39, 0.29) is 18.3 Å². The number of carbonyl (C=O) groups is 2. The van der Waals surface area contributed by atoms with E-state index in [0.29, 0.717) is 36.1 Å². The van der Waals surface area contributed by atoms with E-state index in [2.05, 4.69) is 11.1 Å². The molecule has 1 N–H and O–H groups in total. The van der Waals surface area contributed by atoms with Crippen LogP contribution in [0.2, 0.25) is 0 Å². The molecule has 29 heavy (non-hydrogen) atoms. The molecule has 4 rings (SSSR count). The molecule has 2 aromatic heterocycles. The highest BCUT2D eigenvalue weighted by Crippen LogP contribution is 2.38. The Morgan fingerprint density at radius 2 is 2.03 bits per heavy atom. The Labute approximate surface area is 173 Å². The number of ketones is 1. The normalized spacial score (nSPS) is 15.8. The van der Waals surface area contributed by atoms with Gasteiger partial charge in [0, 0.05) is 40.5 Å². The lowest BCUT2D eigenvalue weighted by Gasteiger charge is -2.21. The molecule has 1 aromatic carbocycles. The van der Waals surface area contributed by atoms with Gasteiger partial charge in [0.1, 0.15) is 11.4 Å². The van der Waals surface area contributed by atoms with E-state index in [1.54, 1.807) is 25.4 Å². The maximum atomic E-state index is 13.2. The van der Waals surface area contributed by atoms with E-state index >= 15 is 0 Å². The van der Waals surface area contributed by atoms with Crippen molar-refractivity contribution >= 4 is 23.1 Å². The van der Waals surface area contributed by atoms with Crippen molar-refractivity contribution in [1.29, 1.82) is 0 Å². The lowest BCUT2D eigenvalue weighted by atomic mass is 9.83. The number of H-pyrrole nitrogens is 1. The van der Waals surface area contributed by atoms with E-state index < -0.39 is 5.97 Å². The zero-order valence-corrected chi connectivity index (χ0v) is 17.3. The minimum atomic E-state index is -0.424. The SMILES string of the molecule is CCOC(=O)c1[nH]c2c(c1Cc1ccccc1OC)C(=O)CC(c1cccs1)C2. The minimum Gasteiger partial charge on any atom is -0.496 e. The number of Topliss-reactive ketones (excluding diaryl/α,β-unsaturated/α-hetero) is 1. The van der Waals surface area contributed by atoms with Crippen LogP contribution in [0.1, 0.15) is 61.8 Å². The van der Waals surface area contributed by atoms with Gasteiger partial charge in [-0.15, -0.1) is 11.3 Å². The molecule has 1 aliphatic carbocycles. The van der Waals surface area contributed by atoms with Crippen LogP contribution >= 0.6 is 11.3 Å². The van der Waals surface area contributed by atoms with Crippen LogP contribution in [0, 0.1) is 0 Å². The molecule has 6 heteroatoms. The number of carbonyl (C=O) groups excluding carboxylic acids is 2. The quantitative estimate of drug-likeness (QED) is 0.596. The first-order valence-electron chi connectivity index (χ1n) is 9.71. The number of fused-ring (bicyclic) bond motifs is 1. The van der Waals surface area contributed by atoms with Crippen molar-refractivity contribution in [2.75, 3.05) is 13.7 Å². The first-order valence-corrected chi connectivity index (χ1v) is 10.6. The van der Waals surface area contributed by atoms with Gasteiger partial charge in [-0.1, -0.05) is 24.3 Å². The van der Waals surface area contributed by atoms with Crippen molar-refractivity contribution in [3.8, 4) is 5.75 Å². The van der Waals surface area contributed by atoms with Crippen molar-refractivity contribution in [2.24, 2.45) is 0 Å². The third-order valence-corrected chi connectivity index (χ3v) is 6.36. The number of nitrogens with one attached hydrogen (secondary N) is 1. The van der Waals surface area contributed by atoms with Crippen molar-refractivity contribution in [3.63, 3.8) is 0 Å². The van der Waals surface area contributed by atoms with Gasteiger partial charge in [0.2, 0.25) is 0 Å². The van der Waals surface area contributed by atoms with Gasteiger partial charge in [0.15, 0.2) is 5.78 Å². The van der Waals surface area contributed by atoms with Gasteiger partial charge in [-0.2, -0.15) is 0 Å². The summed E-state index contributed by atoms with van der Waals surface area (Å²) in [4.78, 5) is 30.2. The summed E-state index contributed by atoms with van der Waals surface area (Å²) in [5.41, 5.74) is 3.48. The fraction of sp³-hybridized carbons (Fsp3) is 0.304. The molecule has 150 valence electrons. The van der Waals surface area contributed by atoms with Crippen LogP contribution in [-0.2, 0) is 17.6 Å². The number of hydrogen-bond acceptors (Lipinski definition) is 5.